The van der Waals surface area contributed by atoms with Gasteiger partial charge in [0.05, 0.1) is 5.92 Å². The topological polar surface area (TPSA) is 4.36 Å². The van der Waals surface area contributed by atoms with Gasteiger partial charge >= 0.3 is 49.6 Å². The SMILES string of the molecule is CC(C)C#[N+]C(C)C.[Cl][Fe-]([Cl])([Cl])[Cl]. The van der Waals surface area contributed by atoms with Crippen molar-refractivity contribution in [2.45, 2.75) is 33.7 Å². The molecule has 13 heavy (non-hydrogen) atoms. The summed E-state index contributed by atoms with van der Waals surface area (Å²) in [7, 11) is 17.2. The fourth-order valence-electron chi connectivity index (χ4n) is 0.298. The summed E-state index contributed by atoms with van der Waals surface area (Å²) in [5, 5.41) is 0. The number of rotatable bonds is 0. The van der Waals surface area contributed by atoms with Gasteiger partial charge in [0.15, 0.2) is 0 Å². The van der Waals surface area contributed by atoms with Crippen LogP contribution in [-0.4, -0.2) is 6.04 Å². The van der Waals surface area contributed by atoms with Gasteiger partial charge in [-0.05, 0) is 13.8 Å². The van der Waals surface area contributed by atoms with Crippen LogP contribution in [0.15, 0.2) is 0 Å². The molecule has 0 heterocycles. The van der Waals surface area contributed by atoms with Crippen molar-refractivity contribution in [3.05, 3.63) is 4.85 Å². The summed E-state index contributed by atoms with van der Waals surface area (Å²) < 4.78 is 0. The Hall–Kier alpha value is 1.17. The van der Waals surface area contributed by atoms with E-state index in [-0.39, 0.29) is 0 Å². The first-order valence-corrected chi connectivity index (χ1v) is 9.69. The molecule has 0 aromatic heterocycles. The van der Waals surface area contributed by atoms with Crippen molar-refractivity contribution < 1.29 is 9.20 Å². The molecule has 6 heteroatoms. The molecule has 0 aromatic carbocycles. The van der Waals surface area contributed by atoms with Gasteiger partial charge in [-0.25, -0.2) is 0 Å². The van der Waals surface area contributed by atoms with Crippen LogP contribution in [0.3, 0.4) is 0 Å². The standard InChI is InChI=1S/C7H14N.4ClH.Fe/c1-6(2)5-8-7(3)4;;;;;/h6-7H,1-4H3;4*1H;/q+1;;;;;+3/p-4. The summed E-state index contributed by atoms with van der Waals surface area (Å²) in [5.41, 5.74) is 0. The third-order valence-corrected chi connectivity index (χ3v) is 0.591. The molecule has 0 aliphatic carbocycles. The van der Waals surface area contributed by atoms with Crippen molar-refractivity contribution in [1.82, 2.24) is 0 Å². The van der Waals surface area contributed by atoms with E-state index in [1.165, 1.54) is 0 Å². The molecule has 83 valence electrons. The molecule has 0 saturated heterocycles. The third kappa shape index (κ3) is 43.2. The van der Waals surface area contributed by atoms with E-state index in [0.29, 0.717) is 12.0 Å². The van der Waals surface area contributed by atoms with E-state index in [2.05, 4.69) is 38.6 Å². The van der Waals surface area contributed by atoms with E-state index in [1.54, 1.807) is 0 Å². The van der Waals surface area contributed by atoms with Gasteiger partial charge < -0.3 is 0 Å². The van der Waals surface area contributed by atoms with Crippen LogP contribution < -0.4 is 0 Å². The summed E-state index contributed by atoms with van der Waals surface area (Å²) in [6.07, 6.45) is 0. The minimum absolute atomic E-state index is 0.400. The van der Waals surface area contributed by atoms with Gasteiger partial charge in [-0.15, -0.1) is 0 Å². The zero-order valence-corrected chi connectivity index (χ0v) is 12.1. The molecule has 0 bridgehead atoms. The van der Waals surface area contributed by atoms with Crippen molar-refractivity contribution in [1.29, 1.82) is 0 Å². The summed E-state index contributed by atoms with van der Waals surface area (Å²) >= 11 is 0. The molecule has 0 fully saturated rings. The molecule has 0 spiro atoms. The summed E-state index contributed by atoms with van der Waals surface area (Å²) in [6, 6.07) is 3.37. The zero-order chi connectivity index (χ0) is 11.1. The molecule has 0 unspecified atom stereocenters. The molecule has 0 aromatic rings. The molecule has 0 atom stereocenters. The van der Waals surface area contributed by atoms with Crippen LogP contribution >= 0.6 is 40.4 Å². The van der Waals surface area contributed by atoms with Gasteiger partial charge in [-0.3, -0.25) is 0 Å². The number of nitrogens with zero attached hydrogens (tertiary/aromatic N) is 1. The van der Waals surface area contributed by atoms with E-state index in [4.69, 9.17) is 40.4 Å². The predicted octanol–water partition coefficient (Wildman–Crippen LogP) is 5.14. The second kappa shape index (κ2) is 8.48. The van der Waals surface area contributed by atoms with E-state index in [1.807, 2.05) is 0 Å². The number of hydrogen-bond donors (Lipinski definition) is 0. The molecular formula is C7H14Cl4FeN. The average molecular weight is 310 g/mol. The molecule has 0 rings (SSSR count). The van der Waals surface area contributed by atoms with Gasteiger partial charge in [0.1, 0.15) is 0 Å². The first-order valence-electron chi connectivity index (χ1n) is 3.61. The Labute approximate surface area is 99.6 Å². The molecule has 1 nitrogen and oxygen atoms in total. The van der Waals surface area contributed by atoms with Gasteiger partial charge in [0.2, 0.25) is 0 Å². The second-order valence-electron chi connectivity index (χ2n) is 2.81. The van der Waals surface area contributed by atoms with Crippen LogP contribution in [0.25, 0.3) is 4.85 Å². The Morgan fingerprint density at radius 2 is 1.31 bits per heavy atom. The Morgan fingerprint density at radius 3 is 1.38 bits per heavy atom. The molecule has 0 saturated carbocycles. The maximum atomic E-state index is 4.95. The quantitative estimate of drug-likeness (QED) is 0.546. The van der Waals surface area contributed by atoms with E-state index < -0.39 is 9.20 Å². The van der Waals surface area contributed by atoms with Crippen molar-refractivity contribution in [3.8, 4) is 6.07 Å². The fourth-order valence-corrected chi connectivity index (χ4v) is 0.298. The van der Waals surface area contributed by atoms with Crippen molar-refractivity contribution >= 4 is 40.4 Å². The predicted molar refractivity (Wildman–Crippen MR) is 60.6 cm³/mol. The van der Waals surface area contributed by atoms with Crippen LogP contribution in [0.4, 0.5) is 0 Å². The molecule has 0 aliphatic rings. The zero-order valence-electron chi connectivity index (χ0n) is 7.97. The van der Waals surface area contributed by atoms with E-state index >= 15 is 0 Å². The molecule has 0 radical (unpaired) electrons. The van der Waals surface area contributed by atoms with Crippen LogP contribution in [0.2, 0.25) is 0 Å². The Kier molecular flexibility index (Phi) is 10.8. The Balaban J connectivity index is 0. The Bertz CT molecular complexity index is 159. The molecule has 0 N–H and O–H groups in total. The monoisotopic (exact) mass is 308 g/mol. The van der Waals surface area contributed by atoms with Crippen LogP contribution in [0.1, 0.15) is 27.7 Å². The van der Waals surface area contributed by atoms with Crippen molar-refractivity contribution in [2.75, 3.05) is 0 Å². The normalized spacial score (nSPS) is 11.5. The van der Waals surface area contributed by atoms with Gasteiger partial charge in [0.25, 0.3) is 12.1 Å². The fraction of sp³-hybridized carbons (Fsp3) is 0.857. The molecule has 0 amide bonds. The van der Waals surface area contributed by atoms with Gasteiger partial charge in [0, 0.05) is 13.8 Å². The maximum absolute atomic E-state index is 4.95. The average Bonchev–Trinajstić information content (AvgIpc) is 1.79. The van der Waals surface area contributed by atoms with Crippen molar-refractivity contribution in [3.63, 3.8) is 0 Å². The molecule has 0 aliphatic heterocycles. The Morgan fingerprint density at radius 1 is 1.00 bits per heavy atom. The first kappa shape index (κ1) is 16.6. The van der Waals surface area contributed by atoms with E-state index in [9.17, 15) is 0 Å². The number of halogens is 4. The van der Waals surface area contributed by atoms with E-state index in [0.717, 1.165) is 0 Å². The minimum atomic E-state index is -2.61. The van der Waals surface area contributed by atoms with Gasteiger partial charge in [-0.1, -0.05) is 4.85 Å². The van der Waals surface area contributed by atoms with Crippen LogP contribution in [0.5, 0.6) is 0 Å². The van der Waals surface area contributed by atoms with Gasteiger partial charge in [-0.2, -0.15) is 0 Å². The summed E-state index contributed by atoms with van der Waals surface area (Å²) in [6.45, 7) is 8.25. The third-order valence-electron chi connectivity index (χ3n) is 0.591. The summed E-state index contributed by atoms with van der Waals surface area (Å²) in [5.74, 6) is 0.470. The summed E-state index contributed by atoms with van der Waals surface area (Å²) in [4.78, 5) is 4.07. The van der Waals surface area contributed by atoms with Crippen molar-refractivity contribution in [2.24, 2.45) is 5.92 Å². The molecular weight excluding hydrogens is 296 g/mol. The van der Waals surface area contributed by atoms with Crippen LogP contribution in [0, 0.1) is 12.0 Å². The first-order chi connectivity index (χ1) is 5.63. The van der Waals surface area contributed by atoms with Crippen LogP contribution in [-0.2, 0) is 9.20 Å². The second-order valence-corrected chi connectivity index (χ2v) is 13.8. The number of hydrogen-bond acceptors (Lipinski definition) is 0.